The van der Waals surface area contributed by atoms with Crippen LogP contribution < -0.4 is 0 Å². The number of aliphatic hydroxyl groups is 10. The first-order valence-electron chi connectivity index (χ1n) is 9.93. The van der Waals surface area contributed by atoms with Gasteiger partial charge in [0.15, 0.2) is 12.2 Å². The molecule has 16 heteroatoms. The number of unbranched alkanes of at least 4 members (excludes halogenated alkanes) is 1. The second kappa shape index (κ2) is 15.7. The smallest absolute Gasteiger partial charge is 0.345 e. The number of hydrogen-bond donors (Lipinski definition) is 10. The highest BCUT2D eigenvalue weighted by Gasteiger charge is 2.37. The molecule has 0 saturated heterocycles. The van der Waals surface area contributed by atoms with E-state index in [2.05, 4.69) is 9.47 Å². The Hall–Kier alpha value is -2.12. The van der Waals surface area contributed by atoms with E-state index in [-0.39, 0.29) is 12.8 Å². The van der Waals surface area contributed by atoms with E-state index in [1.165, 1.54) is 0 Å². The molecule has 10 N–H and O–H groups in total. The van der Waals surface area contributed by atoms with Gasteiger partial charge in [-0.15, -0.1) is 0 Å². The van der Waals surface area contributed by atoms with Crippen molar-refractivity contribution in [3.05, 3.63) is 0 Å². The number of ether oxygens (including phenoxy) is 2. The fourth-order valence-electron chi connectivity index (χ4n) is 2.31. The maximum Gasteiger partial charge on any atom is 0.345 e. The van der Waals surface area contributed by atoms with Gasteiger partial charge in [-0.05, 0) is 12.8 Å². The molecule has 0 saturated carbocycles. The van der Waals surface area contributed by atoms with E-state index in [1.54, 1.807) is 0 Å². The molecule has 16 nitrogen and oxygen atoms in total. The van der Waals surface area contributed by atoms with Crippen molar-refractivity contribution in [1.82, 2.24) is 0 Å². The molecule has 0 amide bonds. The van der Waals surface area contributed by atoms with E-state index in [9.17, 15) is 49.8 Å². The number of carbonyl (C=O) groups excluding carboxylic acids is 4. The Kier molecular flexibility index (Phi) is 14.7. The Morgan fingerprint density at radius 1 is 0.529 bits per heavy atom. The molecule has 0 aromatic rings. The van der Waals surface area contributed by atoms with Gasteiger partial charge >= 0.3 is 23.9 Å². The topological polar surface area (TPSA) is 289 Å². The van der Waals surface area contributed by atoms with Crippen molar-refractivity contribution >= 4 is 23.9 Å². The maximum absolute atomic E-state index is 11.6. The summed E-state index contributed by atoms with van der Waals surface area (Å²) in [6.07, 6.45) is -18.5. The van der Waals surface area contributed by atoms with E-state index in [0.29, 0.717) is 0 Å². The highest BCUT2D eigenvalue weighted by molar-refractivity contribution is 5.89. The highest BCUT2D eigenvalue weighted by Crippen LogP contribution is 2.10. The van der Waals surface area contributed by atoms with Crippen LogP contribution in [0.3, 0.4) is 0 Å². The Bertz CT molecular complexity index is 612. The number of carbonyl (C=O) groups is 4. The van der Waals surface area contributed by atoms with Crippen LogP contribution in [0.25, 0.3) is 0 Å². The average Bonchev–Trinajstić information content (AvgIpc) is 2.82. The molecule has 0 aromatic carbocycles. The third-order valence-electron chi connectivity index (χ3n) is 4.43. The number of aliphatic hydroxyl groups excluding tert-OH is 10. The summed E-state index contributed by atoms with van der Waals surface area (Å²) in [5, 5.41) is 92.6. The number of hydrogen-bond acceptors (Lipinski definition) is 16. The highest BCUT2D eigenvalue weighted by atomic mass is 16.6. The predicted molar refractivity (Wildman–Crippen MR) is 103 cm³/mol. The molecular formula is C18H30O16. The van der Waals surface area contributed by atoms with Crippen molar-refractivity contribution in [2.24, 2.45) is 0 Å². The van der Waals surface area contributed by atoms with Crippen LogP contribution in [0.1, 0.15) is 25.7 Å². The largest absolute Gasteiger partial charge is 0.394 e. The Morgan fingerprint density at radius 2 is 0.824 bits per heavy atom. The Balaban J connectivity index is 4.37. The fourth-order valence-corrected chi connectivity index (χ4v) is 2.31. The predicted octanol–water partition coefficient (Wildman–Crippen LogP) is -6.44. The quantitative estimate of drug-likeness (QED) is 0.0565. The van der Waals surface area contributed by atoms with Crippen LogP contribution in [-0.2, 0) is 28.7 Å². The molecule has 0 radical (unpaired) electrons. The normalized spacial score (nSPS) is 18.5. The second-order valence-electron chi connectivity index (χ2n) is 7.15. The van der Waals surface area contributed by atoms with Crippen molar-refractivity contribution in [1.29, 1.82) is 0 Å². The minimum atomic E-state index is -2.42. The minimum absolute atomic E-state index is 0.0908. The van der Waals surface area contributed by atoms with Crippen LogP contribution in [0.15, 0.2) is 0 Å². The molecule has 0 aliphatic heterocycles. The second-order valence-corrected chi connectivity index (χ2v) is 7.15. The standard InChI is InChI=1S/C18H30O16/c19-5-7(21)11(25)13(27)15(29)17(31)33-9(23)3-1-2-4-10(24)34-18(32)16(30)14(28)12(26)8(22)6-20/h7-8,11-16,19-22,25-30H,1-6H2/t7-,8-,11-,12-,13+,14+,15-,16-/m1/s1. The first kappa shape index (κ1) is 31.9. The monoisotopic (exact) mass is 502 g/mol. The van der Waals surface area contributed by atoms with Crippen molar-refractivity contribution in [2.45, 2.75) is 74.5 Å². The summed E-state index contributed by atoms with van der Waals surface area (Å²) in [7, 11) is 0. The Morgan fingerprint density at radius 3 is 1.09 bits per heavy atom. The van der Waals surface area contributed by atoms with E-state index in [4.69, 9.17) is 20.4 Å². The zero-order valence-corrected chi connectivity index (χ0v) is 17.8. The van der Waals surface area contributed by atoms with Gasteiger partial charge in [-0.3, -0.25) is 9.59 Å². The van der Waals surface area contributed by atoms with Gasteiger partial charge < -0.3 is 60.5 Å². The van der Waals surface area contributed by atoms with Gasteiger partial charge in [0.1, 0.15) is 36.6 Å². The summed E-state index contributed by atoms with van der Waals surface area (Å²) in [6.45, 7) is -1.97. The molecule has 0 rings (SSSR count). The Labute approximate surface area is 192 Å². The van der Waals surface area contributed by atoms with Gasteiger partial charge in [-0.1, -0.05) is 0 Å². The van der Waals surface area contributed by atoms with E-state index in [0.717, 1.165) is 0 Å². The molecule has 0 aromatic heterocycles. The van der Waals surface area contributed by atoms with E-state index >= 15 is 0 Å². The third kappa shape index (κ3) is 10.4. The summed E-state index contributed by atoms with van der Waals surface area (Å²) in [4.78, 5) is 46.4. The molecular weight excluding hydrogens is 472 g/mol. The number of rotatable bonds is 15. The molecule has 0 aliphatic rings. The summed E-state index contributed by atoms with van der Waals surface area (Å²) in [5.74, 6) is -5.67. The van der Waals surface area contributed by atoms with Gasteiger partial charge in [0.2, 0.25) is 0 Å². The third-order valence-corrected chi connectivity index (χ3v) is 4.43. The molecule has 0 spiro atoms. The van der Waals surface area contributed by atoms with Gasteiger partial charge in [0.25, 0.3) is 0 Å². The zero-order chi connectivity index (χ0) is 26.6. The molecule has 0 unspecified atom stereocenters. The maximum atomic E-state index is 11.6. The van der Waals surface area contributed by atoms with Crippen molar-refractivity contribution in [2.75, 3.05) is 13.2 Å². The lowest BCUT2D eigenvalue weighted by Crippen LogP contribution is -2.49. The lowest BCUT2D eigenvalue weighted by atomic mass is 10.0. The first-order valence-corrected chi connectivity index (χ1v) is 9.93. The molecule has 0 aliphatic carbocycles. The van der Waals surface area contributed by atoms with Crippen LogP contribution in [-0.4, -0.2) is 137 Å². The molecule has 34 heavy (non-hydrogen) atoms. The molecule has 198 valence electrons. The van der Waals surface area contributed by atoms with Gasteiger partial charge in [-0.2, -0.15) is 0 Å². The van der Waals surface area contributed by atoms with Crippen molar-refractivity contribution in [3.8, 4) is 0 Å². The van der Waals surface area contributed by atoms with Crippen molar-refractivity contribution < 1.29 is 79.7 Å². The number of esters is 4. The fraction of sp³-hybridized carbons (Fsp3) is 0.778. The van der Waals surface area contributed by atoms with Crippen molar-refractivity contribution in [3.63, 3.8) is 0 Å². The molecule has 0 bridgehead atoms. The summed E-state index contributed by atoms with van der Waals surface area (Å²) in [6, 6.07) is 0. The van der Waals surface area contributed by atoms with E-state index < -0.39 is 98.8 Å². The van der Waals surface area contributed by atoms with Crippen LogP contribution in [0.5, 0.6) is 0 Å². The minimum Gasteiger partial charge on any atom is -0.394 e. The van der Waals surface area contributed by atoms with E-state index in [1.807, 2.05) is 0 Å². The lowest BCUT2D eigenvalue weighted by molar-refractivity contribution is -0.178. The van der Waals surface area contributed by atoms with Gasteiger partial charge in [-0.25, -0.2) is 9.59 Å². The van der Waals surface area contributed by atoms with Crippen LogP contribution in [0.2, 0.25) is 0 Å². The van der Waals surface area contributed by atoms with Gasteiger partial charge in [0.05, 0.1) is 13.2 Å². The summed E-state index contributed by atoms with van der Waals surface area (Å²) >= 11 is 0. The van der Waals surface area contributed by atoms with Crippen LogP contribution in [0.4, 0.5) is 0 Å². The SMILES string of the molecule is O=C(CCCCC(=O)OC(=O)[C@H](O)[C@@H](O)[C@H](O)[C@H](O)CO)OC(=O)[C@H](O)[C@@H](O)[C@H](O)[C@H](O)CO. The molecule has 0 fully saturated rings. The molecule has 8 atom stereocenters. The summed E-state index contributed by atoms with van der Waals surface area (Å²) < 4.78 is 8.48. The van der Waals surface area contributed by atoms with Crippen LogP contribution >= 0.6 is 0 Å². The average molecular weight is 502 g/mol. The zero-order valence-electron chi connectivity index (χ0n) is 17.8. The summed E-state index contributed by atoms with van der Waals surface area (Å²) in [5.41, 5.74) is 0. The van der Waals surface area contributed by atoms with Gasteiger partial charge in [0, 0.05) is 12.8 Å². The van der Waals surface area contributed by atoms with Crippen LogP contribution in [0, 0.1) is 0 Å². The first-order chi connectivity index (χ1) is 15.8. The molecule has 0 heterocycles. The lowest BCUT2D eigenvalue weighted by Gasteiger charge is -2.24.